The Hall–Kier alpha value is -2.62. The molecule has 3 rings (SSSR count). The molecule has 4 heteroatoms. The summed E-state index contributed by atoms with van der Waals surface area (Å²) in [6.07, 6.45) is 0.919. The Bertz CT molecular complexity index is 832. The van der Waals surface area contributed by atoms with E-state index in [1.165, 1.54) is 0 Å². The number of rotatable bonds is 5. The van der Waals surface area contributed by atoms with Gasteiger partial charge in [-0.05, 0) is 35.7 Å². The lowest BCUT2D eigenvalue weighted by Crippen LogP contribution is -2.08. The van der Waals surface area contributed by atoms with E-state index in [-0.39, 0.29) is 0 Å². The second-order valence-electron chi connectivity index (χ2n) is 6.20. The van der Waals surface area contributed by atoms with Crippen molar-refractivity contribution in [1.29, 1.82) is 0 Å². The molecule has 0 unspecified atom stereocenters. The van der Waals surface area contributed by atoms with Gasteiger partial charge in [-0.3, -0.25) is 0 Å². The summed E-state index contributed by atoms with van der Waals surface area (Å²) in [5.41, 5.74) is 3.51. The van der Waals surface area contributed by atoms with Gasteiger partial charge < -0.3 is 9.67 Å². The van der Waals surface area contributed by atoms with Crippen molar-refractivity contribution in [1.82, 2.24) is 9.55 Å². The van der Waals surface area contributed by atoms with Gasteiger partial charge in [0, 0.05) is 13.0 Å². The first kappa shape index (κ1) is 15.3. The molecule has 1 N–H and O–H groups in total. The molecular weight excluding hydrogens is 288 g/mol. The van der Waals surface area contributed by atoms with Crippen molar-refractivity contribution < 1.29 is 9.90 Å². The van der Waals surface area contributed by atoms with Crippen LogP contribution < -0.4 is 0 Å². The highest BCUT2D eigenvalue weighted by molar-refractivity contribution is 5.87. The van der Waals surface area contributed by atoms with Crippen molar-refractivity contribution in [3.63, 3.8) is 0 Å². The highest BCUT2D eigenvalue weighted by atomic mass is 16.4. The van der Waals surface area contributed by atoms with E-state index in [9.17, 15) is 4.79 Å². The van der Waals surface area contributed by atoms with Crippen molar-refractivity contribution in [3.05, 3.63) is 65.5 Å². The lowest BCUT2D eigenvalue weighted by Gasteiger charge is -2.11. The summed E-state index contributed by atoms with van der Waals surface area (Å²) >= 11 is 0. The van der Waals surface area contributed by atoms with E-state index in [4.69, 9.17) is 10.1 Å². The first-order chi connectivity index (χ1) is 11.0. The number of hydrogen-bond donors (Lipinski definition) is 1. The molecule has 0 bridgehead atoms. The molecule has 23 heavy (non-hydrogen) atoms. The maximum absolute atomic E-state index is 11.0. The molecule has 0 radical (unpaired) electrons. The average Bonchev–Trinajstić information content (AvgIpc) is 2.85. The van der Waals surface area contributed by atoms with Gasteiger partial charge in [0.2, 0.25) is 0 Å². The number of para-hydroxylation sites is 2. The van der Waals surface area contributed by atoms with E-state index in [0.29, 0.717) is 18.0 Å². The molecule has 4 nitrogen and oxygen atoms in total. The van der Waals surface area contributed by atoms with E-state index < -0.39 is 5.97 Å². The third-order valence-electron chi connectivity index (χ3n) is 3.87. The molecule has 1 heterocycles. The van der Waals surface area contributed by atoms with Crippen molar-refractivity contribution in [2.24, 2.45) is 5.92 Å². The minimum atomic E-state index is -0.898. The second kappa shape index (κ2) is 6.24. The van der Waals surface area contributed by atoms with Crippen LogP contribution in [0.5, 0.6) is 0 Å². The van der Waals surface area contributed by atoms with Gasteiger partial charge in [0.25, 0.3) is 0 Å². The largest absolute Gasteiger partial charge is 0.478 e. The topological polar surface area (TPSA) is 55.1 Å². The number of carbonyl (C=O) groups is 1. The zero-order chi connectivity index (χ0) is 16.4. The van der Waals surface area contributed by atoms with E-state index >= 15 is 0 Å². The summed E-state index contributed by atoms with van der Waals surface area (Å²) in [5, 5.41) is 9.00. The molecule has 0 aliphatic rings. The molecule has 0 fully saturated rings. The number of hydrogen-bond acceptors (Lipinski definition) is 2. The molecule has 0 spiro atoms. The fraction of sp³-hybridized carbons (Fsp3) is 0.263. The Labute approximate surface area is 135 Å². The molecular formula is C19H20N2O2. The van der Waals surface area contributed by atoms with Crippen molar-refractivity contribution in [2.75, 3.05) is 0 Å². The smallest absolute Gasteiger partial charge is 0.335 e. The fourth-order valence-electron chi connectivity index (χ4n) is 2.76. The van der Waals surface area contributed by atoms with Gasteiger partial charge in [-0.1, -0.05) is 38.1 Å². The molecule has 0 aliphatic carbocycles. The minimum Gasteiger partial charge on any atom is -0.478 e. The standard InChI is InChI=1S/C19H20N2O2/c1-13(2)11-18-20-16-5-3-4-6-17(16)21(18)12-14-7-9-15(10-8-14)19(22)23/h3-10,13H,11-12H2,1-2H3,(H,22,23). The van der Waals surface area contributed by atoms with Gasteiger partial charge in [0.05, 0.1) is 16.6 Å². The number of carboxylic acids is 1. The average molecular weight is 308 g/mol. The molecule has 2 aromatic carbocycles. The van der Waals surface area contributed by atoms with Gasteiger partial charge in [-0.25, -0.2) is 9.78 Å². The van der Waals surface area contributed by atoms with Crippen molar-refractivity contribution in [2.45, 2.75) is 26.8 Å². The van der Waals surface area contributed by atoms with Crippen molar-refractivity contribution in [3.8, 4) is 0 Å². The third kappa shape index (κ3) is 3.26. The predicted octanol–water partition coefficient (Wildman–Crippen LogP) is 3.98. The first-order valence-electron chi connectivity index (χ1n) is 7.81. The summed E-state index contributed by atoms with van der Waals surface area (Å²) < 4.78 is 2.23. The number of nitrogens with zero attached hydrogens (tertiary/aromatic N) is 2. The monoisotopic (exact) mass is 308 g/mol. The van der Waals surface area contributed by atoms with Crippen LogP contribution in [-0.2, 0) is 13.0 Å². The Kier molecular flexibility index (Phi) is 4.15. The molecule has 0 aliphatic heterocycles. The second-order valence-corrected chi connectivity index (χ2v) is 6.20. The van der Waals surface area contributed by atoms with E-state index in [2.05, 4.69) is 24.5 Å². The van der Waals surface area contributed by atoms with Crippen LogP contribution in [0.3, 0.4) is 0 Å². The Morgan fingerprint density at radius 2 is 1.83 bits per heavy atom. The first-order valence-corrected chi connectivity index (χ1v) is 7.81. The normalized spacial score (nSPS) is 11.3. The van der Waals surface area contributed by atoms with Crippen LogP contribution in [0.2, 0.25) is 0 Å². The maximum atomic E-state index is 11.0. The van der Waals surface area contributed by atoms with Gasteiger partial charge >= 0.3 is 5.97 Å². The van der Waals surface area contributed by atoms with Gasteiger partial charge in [0.15, 0.2) is 0 Å². The zero-order valence-corrected chi connectivity index (χ0v) is 13.4. The van der Waals surface area contributed by atoms with Crippen LogP contribution in [-0.4, -0.2) is 20.6 Å². The molecule has 0 amide bonds. The van der Waals surface area contributed by atoms with Gasteiger partial charge in [0.1, 0.15) is 5.82 Å². The molecule has 1 aromatic heterocycles. The SMILES string of the molecule is CC(C)Cc1nc2ccccc2n1Cc1ccc(C(=O)O)cc1. The lowest BCUT2D eigenvalue weighted by molar-refractivity contribution is 0.0697. The maximum Gasteiger partial charge on any atom is 0.335 e. The van der Waals surface area contributed by atoms with E-state index in [1.807, 2.05) is 30.3 Å². The van der Waals surface area contributed by atoms with Gasteiger partial charge in [-0.15, -0.1) is 0 Å². The molecule has 0 atom stereocenters. The Morgan fingerprint density at radius 1 is 1.13 bits per heavy atom. The van der Waals surface area contributed by atoms with E-state index in [1.54, 1.807) is 12.1 Å². The summed E-state index contributed by atoms with van der Waals surface area (Å²) in [7, 11) is 0. The number of fused-ring (bicyclic) bond motifs is 1. The summed E-state index contributed by atoms with van der Waals surface area (Å²) in [6, 6.07) is 15.2. The van der Waals surface area contributed by atoms with Crippen LogP contribution in [0.1, 0.15) is 35.6 Å². The fourth-order valence-corrected chi connectivity index (χ4v) is 2.76. The summed E-state index contributed by atoms with van der Waals surface area (Å²) in [6.45, 7) is 5.07. The number of imidazole rings is 1. The highest BCUT2D eigenvalue weighted by Gasteiger charge is 2.12. The van der Waals surface area contributed by atoms with Crippen LogP contribution >= 0.6 is 0 Å². The van der Waals surface area contributed by atoms with E-state index in [0.717, 1.165) is 28.8 Å². The Balaban J connectivity index is 1.98. The van der Waals surface area contributed by atoms with Crippen LogP contribution in [0.25, 0.3) is 11.0 Å². The molecule has 0 saturated heterocycles. The Morgan fingerprint density at radius 3 is 2.48 bits per heavy atom. The third-order valence-corrected chi connectivity index (χ3v) is 3.87. The number of aromatic nitrogens is 2. The predicted molar refractivity (Wildman–Crippen MR) is 90.8 cm³/mol. The molecule has 0 saturated carbocycles. The van der Waals surface area contributed by atoms with Crippen LogP contribution in [0, 0.1) is 5.92 Å². The summed E-state index contributed by atoms with van der Waals surface area (Å²) in [4.78, 5) is 15.7. The van der Waals surface area contributed by atoms with Crippen LogP contribution in [0.15, 0.2) is 48.5 Å². The van der Waals surface area contributed by atoms with Crippen LogP contribution in [0.4, 0.5) is 0 Å². The minimum absolute atomic E-state index is 0.312. The quantitative estimate of drug-likeness (QED) is 0.775. The molecule has 3 aromatic rings. The highest BCUT2D eigenvalue weighted by Crippen LogP contribution is 2.20. The number of benzene rings is 2. The lowest BCUT2D eigenvalue weighted by atomic mass is 10.1. The number of aromatic carboxylic acids is 1. The number of carboxylic acid groups (broad SMARTS) is 1. The molecule has 118 valence electrons. The summed E-state index contributed by atoms with van der Waals surface area (Å²) in [5.74, 6) is 0.702. The zero-order valence-electron chi connectivity index (χ0n) is 13.4. The van der Waals surface area contributed by atoms with Gasteiger partial charge in [-0.2, -0.15) is 0 Å². The van der Waals surface area contributed by atoms with Crippen molar-refractivity contribution >= 4 is 17.0 Å².